The molecule has 0 radical (unpaired) electrons. The molecule has 2 rings (SSSR count). The number of nitrogens with one attached hydrogen (secondary N) is 1. The summed E-state index contributed by atoms with van der Waals surface area (Å²) in [6.07, 6.45) is -1.31. The van der Waals surface area contributed by atoms with Gasteiger partial charge in [-0.2, -0.15) is 0 Å². The highest BCUT2D eigenvalue weighted by Gasteiger charge is 2.23. The van der Waals surface area contributed by atoms with Crippen LogP contribution in [0.25, 0.3) is 0 Å². The lowest BCUT2D eigenvalue weighted by Crippen LogP contribution is -2.12. The molecule has 0 bridgehead atoms. The molecule has 0 aromatic carbocycles. The van der Waals surface area contributed by atoms with Gasteiger partial charge in [-0.15, -0.1) is 16.4 Å². The molecule has 0 spiro atoms. The van der Waals surface area contributed by atoms with Gasteiger partial charge in [0, 0.05) is 11.6 Å². The number of hydrogen-bond acceptors (Lipinski definition) is 6. The number of hydrogen-bond donors (Lipinski definition) is 1. The van der Waals surface area contributed by atoms with Crippen molar-refractivity contribution in [2.24, 2.45) is 0 Å². The Morgan fingerprint density at radius 1 is 1.50 bits per heavy atom. The number of carbonyl (C=O) groups is 1. The van der Waals surface area contributed by atoms with E-state index in [2.05, 4.69) is 19.9 Å². The molecule has 5 nitrogen and oxygen atoms in total. The summed E-state index contributed by atoms with van der Waals surface area (Å²) in [4.78, 5) is 15.2. The Morgan fingerprint density at radius 3 is 2.94 bits per heavy atom. The minimum absolute atomic E-state index is 0.190. The standard InChI is InChI=1S/C7H4F2N4OS2/c8-5(9)3-4(16-13-12-3)6(14)11-7-10-1-2-15-7/h1-2,5H,(H,10,11,14). The normalized spacial score (nSPS) is 10.7. The lowest BCUT2D eigenvalue weighted by Gasteiger charge is -1.99. The summed E-state index contributed by atoms with van der Waals surface area (Å²) < 4.78 is 28.1. The third-order valence-corrected chi connectivity index (χ3v) is 3.01. The predicted molar refractivity (Wildman–Crippen MR) is 54.9 cm³/mol. The summed E-state index contributed by atoms with van der Waals surface area (Å²) in [6, 6.07) is 0. The van der Waals surface area contributed by atoms with E-state index in [9.17, 15) is 13.6 Å². The molecule has 1 amide bonds. The molecule has 2 aromatic heterocycles. The lowest BCUT2D eigenvalue weighted by atomic mass is 10.3. The van der Waals surface area contributed by atoms with E-state index >= 15 is 0 Å². The van der Waals surface area contributed by atoms with Crippen LogP contribution in [-0.2, 0) is 0 Å². The first-order chi connectivity index (χ1) is 7.68. The summed E-state index contributed by atoms with van der Waals surface area (Å²) in [5, 5.41) is 7.60. The van der Waals surface area contributed by atoms with Crippen molar-refractivity contribution in [3.63, 3.8) is 0 Å². The molecule has 0 aliphatic heterocycles. The Morgan fingerprint density at radius 2 is 2.31 bits per heavy atom. The third kappa shape index (κ3) is 2.19. The van der Waals surface area contributed by atoms with Gasteiger partial charge in [0.05, 0.1) is 0 Å². The number of halogens is 2. The van der Waals surface area contributed by atoms with Crippen LogP contribution in [0.5, 0.6) is 0 Å². The molecular formula is C7H4F2N4OS2. The minimum Gasteiger partial charge on any atom is -0.297 e. The molecule has 0 saturated carbocycles. The molecule has 0 saturated heterocycles. The smallest absolute Gasteiger partial charge is 0.283 e. The summed E-state index contributed by atoms with van der Waals surface area (Å²) in [6.45, 7) is 0. The van der Waals surface area contributed by atoms with Crippen LogP contribution in [0.3, 0.4) is 0 Å². The Bertz CT molecular complexity index is 484. The van der Waals surface area contributed by atoms with E-state index in [1.54, 1.807) is 5.38 Å². The van der Waals surface area contributed by atoms with E-state index in [0.717, 1.165) is 0 Å². The predicted octanol–water partition coefficient (Wildman–Crippen LogP) is 2.18. The van der Waals surface area contributed by atoms with Crippen molar-refractivity contribution >= 4 is 33.9 Å². The summed E-state index contributed by atoms with van der Waals surface area (Å²) >= 11 is 1.83. The average Bonchev–Trinajstić information content (AvgIpc) is 2.86. The van der Waals surface area contributed by atoms with Crippen LogP contribution < -0.4 is 5.32 Å². The van der Waals surface area contributed by atoms with E-state index in [1.807, 2.05) is 0 Å². The van der Waals surface area contributed by atoms with Gasteiger partial charge in [0.1, 0.15) is 4.88 Å². The molecule has 0 fully saturated rings. The molecule has 2 aromatic rings. The van der Waals surface area contributed by atoms with Crippen LogP contribution in [0.15, 0.2) is 11.6 Å². The van der Waals surface area contributed by atoms with Crippen LogP contribution in [-0.4, -0.2) is 20.5 Å². The van der Waals surface area contributed by atoms with Gasteiger partial charge in [0.25, 0.3) is 12.3 Å². The first-order valence-electron chi connectivity index (χ1n) is 3.99. The molecule has 0 aliphatic rings. The van der Waals surface area contributed by atoms with Crippen molar-refractivity contribution in [1.29, 1.82) is 0 Å². The second-order valence-corrected chi connectivity index (χ2v) is 4.23. The van der Waals surface area contributed by atoms with Crippen LogP contribution in [0.2, 0.25) is 0 Å². The summed E-state index contributed by atoms with van der Waals surface area (Å²) in [5.41, 5.74) is -0.598. The molecule has 1 N–H and O–H groups in total. The summed E-state index contributed by atoms with van der Waals surface area (Å²) in [5.74, 6) is -0.666. The van der Waals surface area contributed by atoms with E-state index < -0.39 is 18.0 Å². The molecule has 0 aliphatic carbocycles. The van der Waals surface area contributed by atoms with Gasteiger partial charge in [-0.25, -0.2) is 13.8 Å². The zero-order valence-electron chi connectivity index (χ0n) is 7.55. The van der Waals surface area contributed by atoms with Gasteiger partial charge in [-0.1, -0.05) is 4.49 Å². The number of rotatable bonds is 3. The number of aromatic nitrogens is 3. The number of carbonyl (C=O) groups excluding carboxylic acids is 1. The molecule has 16 heavy (non-hydrogen) atoms. The molecule has 0 atom stereocenters. The van der Waals surface area contributed by atoms with Crippen molar-refractivity contribution < 1.29 is 13.6 Å². The number of anilines is 1. The van der Waals surface area contributed by atoms with Crippen LogP contribution in [0.4, 0.5) is 13.9 Å². The number of amides is 1. The maximum atomic E-state index is 12.4. The fourth-order valence-corrected chi connectivity index (χ4v) is 2.03. The fourth-order valence-electron chi connectivity index (χ4n) is 0.937. The van der Waals surface area contributed by atoms with Crippen molar-refractivity contribution in [3.8, 4) is 0 Å². The highest BCUT2D eigenvalue weighted by Crippen LogP contribution is 2.24. The van der Waals surface area contributed by atoms with Gasteiger partial charge < -0.3 is 0 Å². The molecule has 0 unspecified atom stereocenters. The van der Waals surface area contributed by atoms with E-state index in [-0.39, 0.29) is 4.88 Å². The van der Waals surface area contributed by atoms with Gasteiger partial charge >= 0.3 is 0 Å². The Hall–Kier alpha value is -1.48. The highest BCUT2D eigenvalue weighted by molar-refractivity contribution is 7.14. The second-order valence-electron chi connectivity index (χ2n) is 2.58. The monoisotopic (exact) mass is 262 g/mol. The topological polar surface area (TPSA) is 67.8 Å². The first-order valence-corrected chi connectivity index (χ1v) is 5.65. The Balaban J connectivity index is 2.18. The SMILES string of the molecule is O=C(Nc1nccs1)c1snnc1C(F)F. The van der Waals surface area contributed by atoms with Crippen molar-refractivity contribution in [2.45, 2.75) is 6.43 Å². The number of thiazole rings is 1. The van der Waals surface area contributed by atoms with Gasteiger partial charge in [-0.05, 0) is 11.5 Å². The molecule has 84 valence electrons. The zero-order chi connectivity index (χ0) is 11.5. The molecule has 9 heteroatoms. The van der Waals surface area contributed by atoms with Crippen molar-refractivity contribution in [2.75, 3.05) is 5.32 Å². The third-order valence-electron chi connectivity index (χ3n) is 1.58. The molecular weight excluding hydrogens is 258 g/mol. The Kier molecular flexibility index (Phi) is 3.15. The van der Waals surface area contributed by atoms with E-state index in [4.69, 9.17) is 0 Å². The quantitative estimate of drug-likeness (QED) is 0.920. The number of nitrogens with zero attached hydrogens (tertiary/aromatic N) is 3. The van der Waals surface area contributed by atoms with E-state index in [0.29, 0.717) is 16.7 Å². The van der Waals surface area contributed by atoms with Crippen LogP contribution in [0, 0.1) is 0 Å². The number of alkyl halides is 2. The van der Waals surface area contributed by atoms with Crippen LogP contribution in [0.1, 0.15) is 21.8 Å². The maximum absolute atomic E-state index is 12.4. The highest BCUT2D eigenvalue weighted by atomic mass is 32.1. The Labute approximate surface area is 96.3 Å². The zero-order valence-corrected chi connectivity index (χ0v) is 9.19. The second kappa shape index (κ2) is 4.58. The van der Waals surface area contributed by atoms with Gasteiger partial charge in [-0.3, -0.25) is 10.1 Å². The lowest BCUT2D eigenvalue weighted by molar-refractivity contribution is 0.101. The van der Waals surface area contributed by atoms with Gasteiger partial charge in [0.2, 0.25) is 0 Å². The van der Waals surface area contributed by atoms with Gasteiger partial charge in [0.15, 0.2) is 10.8 Å². The minimum atomic E-state index is -2.81. The van der Waals surface area contributed by atoms with Crippen LogP contribution >= 0.6 is 22.9 Å². The largest absolute Gasteiger partial charge is 0.297 e. The maximum Gasteiger partial charge on any atom is 0.283 e. The van der Waals surface area contributed by atoms with Crippen molar-refractivity contribution in [3.05, 3.63) is 22.1 Å². The average molecular weight is 262 g/mol. The molecule has 2 heterocycles. The first kappa shape index (κ1) is 11.0. The summed E-state index contributed by atoms with van der Waals surface area (Å²) in [7, 11) is 0. The van der Waals surface area contributed by atoms with E-state index in [1.165, 1.54) is 17.5 Å². The fraction of sp³-hybridized carbons (Fsp3) is 0.143. The van der Waals surface area contributed by atoms with Crippen molar-refractivity contribution in [1.82, 2.24) is 14.6 Å².